The quantitative estimate of drug-likeness (QED) is 0.817. The normalized spacial score (nSPS) is 21.0. The van der Waals surface area contributed by atoms with Gasteiger partial charge in [-0.3, -0.25) is 9.69 Å². The van der Waals surface area contributed by atoms with Crippen LogP contribution >= 0.6 is 0 Å². The second-order valence-electron chi connectivity index (χ2n) is 6.66. The van der Waals surface area contributed by atoms with Crippen LogP contribution in [0.25, 0.3) is 0 Å². The van der Waals surface area contributed by atoms with Gasteiger partial charge in [-0.05, 0) is 49.4 Å². The highest BCUT2D eigenvalue weighted by atomic mass is 32.2. The van der Waals surface area contributed by atoms with E-state index in [-0.39, 0.29) is 17.4 Å². The molecule has 0 N–H and O–H groups in total. The molecule has 1 fully saturated rings. The van der Waals surface area contributed by atoms with Gasteiger partial charge in [0.2, 0.25) is 5.91 Å². The van der Waals surface area contributed by atoms with Gasteiger partial charge in [0, 0.05) is 25.3 Å². The van der Waals surface area contributed by atoms with Crippen LogP contribution in [0.4, 0.5) is 5.69 Å². The number of carbonyl (C=O) groups is 1. The van der Waals surface area contributed by atoms with E-state index in [1.165, 1.54) is 16.7 Å². The molecule has 23 heavy (non-hydrogen) atoms. The first-order valence-corrected chi connectivity index (χ1v) is 10.0. The molecule has 1 aromatic carbocycles. The number of carbonyl (C=O) groups excluding carboxylic acids is 1. The molecule has 1 aromatic rings. The average molecular weight is 336 g/mol. The second kappa shape index (κ2) is 6.24. The first kappa shape index (κ1) is 16.5. The number of sulfone groups is 1. The Kier molecular flexibility index (Phi) is 4.47. The van der Waals surface area contributed by atoms with E-state index < -0.39 is 9.84 Å². The Labute approximate surface area is 138 Å². The summed E-state index contributed by atoms with van der Waals surface area (Å²) in [5.41, 5.74) is 4.74. The molecule has 0 aliphatic carbocycles. The molecule has 0 saturated carbocycles. The minimum absolute atomic E-state index is 0.0789. The molecule has 1 saturated heterocycles. The molecule has 2 heterocycles. The fraction of sp³-hybridized carbons (Fsp3) is 0.588. The van der Waals surface area contributed by atoms with Crippen molar-refractivity contribution < 1.29 is 13.2 Å². The first-order chi connectivity index (χ1) is 10.9. The fourth-order valence-electron chi connectivity index (χ4n) is 3.52. The lowest BCUT2D eigenvalue weighted by molar-refractivity contribution is -0.119. The van der Waals surface area contributed by atoms with Crippen LogP contribution in [0, 0.1) is 13.8 Å². The number of aryl methyl sites for hydroxylation is 2. The number of amides is 1. The fourth-order valence-corrected chi connectivity index (χ4v) is 4.80. The maximum absolute atomic E-state index is 12.7. The van der Waals surface area contributed by atoms with E-state index >= 15 is 0 Å². The van der Waals surface area contributed by atoms with E-state index in [4.69, 9.17) is 0 Å². The second-order valence-corrected chi connectivity index (χ2v) is 8.96. The van der Waals surface area contributed by atoms with Crippen LogP contribution < -0.4 is 4.90 Å². The molecule has 2 aliphatic heterocycles. The maximum Gasteiger partial charge on any atom is 0.241 e. The molecule has 6 heteroatoms. The van der Waals surface area contributed by atoms with E-state index in [0.29, 0.717) is 19.6 Å². The molecule has 0 spiro atoms. The van der Waals surface area contributed by atoms with Crippen LogP contribution in [0.2, 0.25) is 0 Å². The third-order valence-corrected chi connectivity index (χ3v) is 6.40. The van der Waals surface area contributed by atoms with Gasteiger partial charge < -0.3 is 4.90 Å². The van der Waals surface area contributed by atoms with Gasteiger partial charge in [-0.25, -0.2) is 8.42 Å². The van der Waals surface area contributed by atoms with Gasteiger partial charge in [0.25, 0.3) is 0 Å². The van der Waals surface area contributed by atoms with E-state index in [2.05, 4.69) is 26.0 Å². The van der Waals surface area contributed by atoms with Crippen LogP contribution in [0.3, 0.4) is 0 Å². The number of hydrogen-bond acceptors (Lipinski definition) is 4. The van der Waals surface area contributed by atoms with Gasteiger partial charge in [-0.1, -0.05) is 6.07 Å². The molecule has 0 radical (unpaired) electrons. The molecule has 2 aliphatic rings. The van der Waals surface area contributed by atoms with E-state index in [9.17, 15) is 13.2 Å². The average Bonchev–Trinajstić information content (AvgIpc) is 2.48. The molecular formula is C17H24N2O3S. The maximum atomic E-state index is 12.7. The summed E-state index contributed by atoms with van der Waals surface area (Å²) in [7, 11) is -2.90. The highest BCUT2D eigenvalue weighted by Crippen LogP contribution is 2.31. The third kappa shape index (κ3) is 3.58. The Morgan fingerprint density at radius 1 is 1.13 bits per heavy atom. The molecule has 3 rings (SSSR count). The number of fused-ring (bicyclic) bond motifs is 1. The summed E-state index contributed by atoms with van der Waals surface area (Å²) in [5.74, 6) is 0.403. The Balaban J connectivity index is 1.75. The summed E-state index contributed by atoms with van der Waals surface area (Å²) in [6.07, 6.45) is 2.00. The lowest BCUT2D eigenvalue weighted by Crippen LogP contribution is -2.47. The minimum atomic E-state index is -2.90. The number of hydrogen-bond donors (Lipinski definition) is 0. The molecule has 0 bridgehead atoms. The van der Waals surface area contributed by atoms with Crippen molar-refractivity contribution in [2.24, 2.45) is 0 Å². The van der Waals surface area contributed by atoms with Gasteiger partial charge >= 0.3 is 0 Å². The highest BCUT2D eigenvalue weighted by molar-refractivity contribution is 7.91. The Hall–Kier alpha value is -1.40. The standard InChI is InChI=1S/C17H24N2O3S/c1-13-10-14(2)15-4-3-5-19(16(15)11-13)17(20)12-18-6-8-23(21,22)9-7-18/h10-11H,3-9,12H2,1-2H3. The zero-order valence-electron chi connectivity index (χ0n) is 13.8. The van der Waals surface area contributed by atoms with Crippen LogP contribution in [0.1, 0.15) is 23.1 Å². The lowest BCUT2D eigenvalue weighted by atomic mass is 9.95. The summed E-state index contributed by atoms with van der Waals surface area (Å²) in [6, 6.07) is 4.27. The summed E-state index contributed by atoms with van der Waals surface area (Å²) >= 11 is 0. The van der Waals surface area contributed by atoms with E-state index in [1.807, 2.05) is 9.80 Å². The number of rotatable bonds is 2. The van der Waals surface area contributed by atoms with Crippen molar-refractivity contribution in [1.82, 2.24) is 4.90 Å². The largest absolute Gasteiger partial charge is 0.311 e. The van der Waals surface area contributed by atoms with Crippen molar-refractivity contribution in [2.75, 3.05) is 42.6 Å². The summed E-state index contributed by atoms with van der Waals surface area (Å²) < 4.78 is 23.0. The molecule has 0 unspecified atom stereocenters. The topological polar surface area (TPSA) is 57.7 Å². The lowest BCUT2D eigenvalue weighted by Gasteiger charge is -2.33. The Morgan fingerprint density at radius 2 is 1.83 bits per heavy atom. The zero-order chi connectivity index (χ0) is 16.6. The predicted molar refractivity (Wildman–Crippen MR) is 91.7 cm³/mol. The summed E-state index contributed by atoms with van der Waals surface area (Å²) in [5, 5.41) is 0. The smallest absolute Gasteiger partial charge is 0.241 e. The summed E-state index contributed by atoms with van der Waals surface area (Å²) in [4.78, 5) is 16.6. The zero-order valence-corrected chi connectivity index (χ0v) is 14.7. The first-order valence-electron chi connectivity index (χ1n) is 8.19. The van der Waals surface area contributed by atoms with Crippen molar-refractivity contribution in [3.8, 4) is 0 Å². The van der Waals surface area contributed by atoms with Crippen molar-refractivity contribution >= 4 is 21.4 Å². The van der Waals surface area contributed by atoms with Crippen molar-refractivity contribution in [3.63, 3.8) is 0 Å². The predicted octanol–water partition coefficient (Wildman–Crippen LogP) is 1.31. The molecule has 0 aromatic heterocycles. The third-order valence-electron chi connectivity index (χ3n) is 4.79. The number of benzene rings is 1. The molecule has 5 nitrogen and oxygen atoms in total. The van der Waals surface area contributed by atoms with Gasteiger partial charge in [-0.2, -0.15) is 0 Å². The van der Waals surface area contributed by atoms with E-state index in [0.717, 1.165) is 25.1 Å². The van der Waals surface area contributed by atoms with Crippen LogP contribution in [0.15, 0.2) is 12.1 Å². The van der Waals surface area contributed by atoms with Crippen molar-refractivity contribution in [3.05, 3.63) is 28.8 Å². The minimum Gasteiger partial charge on any atom is -0.311 e. The van der Waals surface area contributed by atoms with E-state index in [1.54, 1.807) is 0 Å². The van der Waals surface area contributed by atoms with Crippen LogP contribution in [-0.2, 0) is 21.1 Å². The molecule has 0 atom stereocenters. The van der Waals surface area contributed by atoms with Gasteiger partial charge in [0.15, 0.2) is 9.84 Å². The molecule has 126 valence electrons. The Morgan fingerprint density at radius 3 is 2.52 bits per heavy atom. The SMILES string of the molecule is Cc1cc(C)c2c(c1)N(C(=O)CN1CCS(=O)(=O)CC1)CCC2. The van der Waals surface area contributed by atoms with Gasteiger partial charge in [0.05, 0.1) is 18.1 Å². The highest BCUT2D eigenvalue weighted by Gasteiger charge is 2.28. The monoisotopic (exact) mass is 336 g/mol. The summed E-state index contributed by atoms with van der Waals surface area (Å²) in [6.45, 7) is 6.14. The van der Waals surface area contributed by atoms with Gasteiger partial charge in [-0.15, -0.1) is 0 Å². The van der Waals surface area contributed by atoms with Crippen molar-refractivity contribution in [1.29, 1.82) is 0 Å². The van der Waals surface area contributed by atoms with Gasteiger partial charge in [0.1, 0.15) is 0 Å². The number of anilines is 1. The Bertz CT molecular complexity index is 714. The van der Waals surface area contributed by atoms with Crippen LogP contribution in [-0.4, -0.2) is 56.9 Å². The van der Waals surface area contributed by atoms with Crippen LogP contribution in [0.5, 0.6) is 0 Å². The molecular weight excluding hydrogens is 312 g/mol. The number of nitrogens with zero attached hydrogens (tertiary/aromatic N) is 2. The molecule has 1 amide bonds. The van der Waals surface area contributed by atoms with Crippen molar-refractivity contribution in [2.45, 2.75) is 26.7 Å².